The Balaban J connectivity index is 1.13. The highest BCUT2D eigenvalue weighted by Gasteiger charge is 2.28. The summed E-state index contributed by atoms with van der Waals surface area (Å²) in [5.74, 6) is 1.37. The summed E-state index contributed by atoms with van der Waals surface area (Å²) in [4.78, 5) is 15.9. The molecule has 0 radical (unpaired) electrons. The third kappa shape index (κ3) is 5.16. The van der Waals surface area contributed by atoms with Crippen molar-refractivity contribution in [1.82, 2.24) is 10.3 Å². The van der Waals surface area contributed by atoms with E-state index < -0.39 is 6.17 Å². The average Bonchev–Trinajstić information content (AvgIpc) is 3.86. The third-order valence-electron chi connectivity index (χ3n) is 11.3. The first kappa shape index (κ1) is 32.4. The van der Waals surface area contributed by atoms with Crippen molar-refractivity contribution in [2.75, 3.05) is 0 Å². The smallest absolute Gasteiger partial charge is 0.159 e. The van der Waals surface area contributed by atoms with Gasteiger partial charge in [-0.3, -0.25) is 0 Å². The SMILES string of the molecule is c1ccc(C2=NC(c3cccc4oc5ccccc5c34)NC(c3cc4ccccc4cc3-c3ccc(-c4ccccc4)c4oc5cc6ccccc6nc5c34)=N2)cc1. The second-order valence-corrected chi connectivity index (χ2v) is 14.8. The number of nitrogens with one attached hydrogen (secondary N) is 1. The van der Waals surface area contributed by atoms with E-state index in [1.807, 2.05) is 60.7 Å². The summed E-state index contributed by atoms with van der Waals surface area (Å²) in [5, 5.41) is 10.1. The predicted molar refractivity (Wildman–Crippen MR) is 237 cm³/mol. The molecule has 1 atom stereocenters. The zero-order valence-electron chi connectivity index (χ0n) is 31.1. The molecule has 4 heterocycles. The Morgan fingerprint density at radius 1 is 0.466 bits per heavy atom. The van der Waals surface area contributed by atoms with Crippen LogP contribution in [0, 0.1) is 0 Å². The molecule has 0 spiro atoms. The van der Waals surface area contributed by atoms with Crippen molar-refractivity contribution in [1.29, 1.82) is 0 Å². The van der Waals surface area contributed by atoms with Crippen LogP contribution in [0.3, 0.4) is 0 Å². The van der Waals surface area contributed by atoms with Crippen molar-refractivity contribution in [3.63, 3.8) is 0 Å². The number of aliphatic imine (C=N–C) groups is 2. The summed E-state index contributed by atoms with van der Waals surface area (Å²) < 4.78 is 13.2. The van der Waals surface area contributed by atoms with Crippen LogP contribution >= 0.6 is 0 Å². The normalized spacial score (nSPS) is 14.4. The van der Waals surface area contributed by atoms with Gasteiger partial charge in [-0.15, -0.1) is 0 Å². The summed E-state index contributed by atoms with van der Waals surface area (Å²) in [6.07, 6.45) is -0.463. The molecule has 272 valence electrons. The molecule has 11 aromatic rings. The molecule has 1 aliphatic heterocycles. The Kier molecular flexibility index (Phi) is 7.19. The number of furan rings is 2. The maximum atomic E-state index is 6.86. The van der Waals surface area contributed by atoms with Gasteiger partial charge < -0.3 is 14.2 Å². The number of nitrogens with zero attached hydrogens (tertiary/aromatic N) is 3. The number of rotatable bonds is 5. The molecule has 6 nitrogen and oxygen atoms in total. The van der Waals surface area contributed by atoms with Crippen LogP contribution in [0.1, 0.15) is 22.9 Å². The first-order valence-electron chi connectivity index (χ1n) is 19.5. The summed E-state index contributed by atoms with van der Waals surface area (Å²) in [5.41, 5.74) is 11.9. The molecule has 1 aliphatic rings. The van der Waals surface area contributed by atoms with Gasteiger partial charge in [-0.05, 0) is 69.9 Å². The highest BCUT2D eigenvalue weighted by Crippen LogP contribution is 2.44. The molecule has 0 saturated carbocycles. The molecule has 0 saturated heterocycles. The Morgan fingerprint density at radius 3 is 1.97 bits per heavy atom. The van der Waals surface area contributed by atoms with Gasteiger partial charge in [0.1, 0.15) is 34.3 Å². The lowest BCUT2D eigenvalue weighted by molar-refractivity contribution is 0.662. The zero-order valence-corrected chi connectivity index (χ0v) is 31.1. The predicted octanol–water partition coefficient (Wildman–Crippen LogP) is 13.0. The van der Waals surface area contributed by atoms with Crippen molar-refractivity contribution in [3.8, 4) is 22.3 Å². The van der Waals surface area contributed by atoms with Crippen molar-refractivity contribution in [2.45, 2.75) is 6.17 Å². The van der Waals surface area contributed by atoms with Crippen molar-refractivity contribution in [3.05, 3.63) is 199 Å². The number of para-hydroxylation sites is 2. The minimum absolute atomic E-state index is 0.463. The molecule has 3 aromatic heterocycles. The topological polar surface area (TPSA) is 75.9 Å². The molecule has 6 heteroatoms. The van der Waals surface area contributed by atoms with Gasteiger partial charge >= 0.3 is 0 Å². The molecule has 58 heavy (non-hydrogen) atoms. The summed E-state index contributed by atoms with van der Waals surface area (Å²) in [7, 11) is 0. The highest BCUT2D eigenvalue weighted by atomic mass is 16.3. The first-order chi connectivity index (χ1) is 28.7. The zero-order chi connectivity index (χ0) is 38.2. The standard InChI is InChI=1S/C52H32N4O2/c1-3-14-31(15-4-1)36-26-27-37(47-48-45(58-49(36)47)30-35-20-9-11-23-42(35)53-48)40-28-33-18-7-8-19-34(33)29-41(40)52-55-50(32-16-5-2-6-17-32)54-51(56-52)39-22-13-25-44-46(39)38-21-10-12-24-43(38)57-44/h1-30,51H,(H,54,55,56). The van der Waals surface area contributed by atoms with Crippen LogP contribution in [0.25, 0.3) is 87.9 Å². The molecule has 0 amide bonds. The average molecular weight is 745 g/mol. The monoisotopic (exact) mass is 744 g/mol. The molecule has 0 aliphatic carbocycles. The largest absolute Gasteiger partial charge is 0.456 e. The lowest BCUT2D eigenvalue weighted by atomic mass is 9.90. The van der Waals surface area contributed by atoms with Crippen molar-refractivity contribution in [2.24, 2.45) is 9.98 Å². The number of benzene rings is 8. The minimum atomic E-state index is -0.463. The summed E-state index contributed by atoms with van der Waals surface area (Å²) >= 11 is 0. The van der Waals surface area contributed by atoms with E-state index >= 15 is 0 Å². The van der Waals surface area contributed by atoms with Gasteiger partial charge in [-0.1, -0.05) is 140 Å². The van der Waals surface area contributed by atoms with Crippen LogP contribution in [0.4, 0.5) is 0 Å². The lowest BCUT2D eigenvalue weighted by Gasteiger charge is -2.26. The van der Waals surface area contributed by atoms with Crippen LogP contribution in [0.2, 0.25) is 0 Å². The Hall–Kier alpha value is -7.83. The highest BCUT2D eigenvalue weighted by molar-refractivity contribution is 6.21. The number of hydrogen-bond acceptors (Lipinski definition) is 6. The summed E-state index contributed by atoms with van der Waals surface area (Å²) in [6, 6.07) is 62.7. The van der Waals surface area contributed by atoms with E-state index in [1.54, 1.807) is 0 Å². The van der Waals surface area contributed by atoms with Crippen LogP contribution in [0.5, 0.6) is 0 Å². The number of pyridine rings is 1. The van der Waals surface area contributed by atoms with E-state index in [2.05, 4.69) is 127 Å². The molecule has 0 bridgehead atoms. The maximum Gasteiger partial charge on any atom is 0.159 e. The fourth-order valence-corrected chi connectivity index (χ4v) is 8.61. The Morgan fingerprint density at radius 2 is 1.14 bits per heavy atom. The van der Waals surface area contributed by atoms with Gasteiger partial charge in [-0.2, -0.15) is 0 Å². The van der Waals surface area contributed by atoms with E-state index in [1.165, 1.54) is 0 Å². The number of fused-ring (bicyclic) bond motifs is 8. The van der Waals surface area contributed by atoms with Gasteiger partial charge in [0.2, 0.25) is 0 Å². The maximum absolute atomic E-state index is 6.86. The quantitative estimate of drug-likeness (QED) is 0.190. The molecule has 8 aromatic carbocycles. The van der Waals surface area contributed by atoms with Crippen LogP contribution < -0.4 is 5.32 Å². The second kappa shape index (κ2) is 12.9. The third-order valence-corrected chi connectivity index (χ3v) is 11.3. The first-order valence-corrected chi connectivity index (χ1v) is 19.5. The van der Waals surface area contributed by atoms with E-state index in [4.69, 9.17) is 23.8 Å². The number of hydrogen-bond donors (Lipinski definition) is 1. The van der Waals surface area contributed by atoms with Gasteiger partial charge in [-0.25, -0.2) is 15.0 Å². The molecular formula is C52H32N4O2. The Bertz CT molecular complexity index is 3490. The molecule has 12 rings (SSSR count). The second-order valence-electron chi connectivity index (χ2n) is 14.8. The van der Waals surface area contributed by atoms with Crippen LogP contribution in [-0.2, 0) is 0 Å². The number of amidine groups is 2. The molecule has 1 N–H and O–H groups in total. The summed E-state index contributed by atoms with van der Waals surface area (Å²) in [6.45, 7) is 0. The van der Waals surface area contributed by atoms with E-state index in [9.17, 15) is 0 Å². The van der Waals surface area contributed by atoms with E-state index in [-0.39, 0.29) is 0 Å². The minimum Gasteiger partial charge on any atom is -0.456 e. The lowest BCUT2D eigenvalue weighted by Crippen LogP contribution is -2.34. The van der Waals surface area contributed by atoms with Crippen LogP contribution in [0.15, 0.2) is 201 Å². The molecular weight excluding hydrogens is 713 g/mol. The van der Waals surface area contributed by atoms with E-state index in [0.717, 1.165) is 110 Å². The van der Waals surface area contributed by atoms with Crippen LogP contribution in [-0.4, -0.2) is 16.7 Å². The Labute approximate surface area is 332 Å². The van der Waals surface area contributed by atoms with Gasteiger partial charge in [0.25, 0.3) is 0 Å². The van der Waals surface area contributed by atoms with Crippen molar-refractivity contribution < 1.29 is 8.83 Å². The molecule has 1 unspecified atom stereocenters. The van der Waals surface area contributed by atoms with E-state index in [0.29, 0.717) is 5.84 Å². The van der Waals surface area contributed by atoms with Gasteiger partial charge in [0, 0.05) is 38.4 Å². The van der Waals surface area contributed by atoms with Gasteiger partial charge in [0.15, 0.2) is 11.4 Å². The molecule has 0 fully saturated rings. The van der Waals surface area contributed by atoms with Gasteiger partial charge in [0.05, 0.1) is 10.9 Å². The van der Waals surface area contributed by atoms with Crippen molar-refractivity contribution >= 4 is 77.4 Å². The number of aromatic nitrogens is 1. The fraction of sp³-hybridized carbons (Fsp3) is 0.0192. The fourth-order valence-electron chi connectivity index (χ4n) is 8.61.